The average molecular weight is 571 g/mol. The second-order valence-corrected chi connectivity index (χ2v) is 7.58. The number of likely N-dealkylation sites (tertiary alicyclic amines) is 1. The Labute approximate surface area is 212 Å². The Morgan fingerprint density at radius 1 is 1.21 bits per heavy atom. The van der Waals surface area contributed by atoms with Gasteiger partial charge in [-0.1, -0.05) is 0 Å². The summed E-state index contributed by atoms with van der Waals surface area (Å²) in [5, 5.41) is 9.59. The number of aliphatic imine (C=N–C) groups is 1. The first-order valence-electron chi connectivity index (χ1n) is 10.9. The molecule has 1 aromatic heterocycles. The van der Waals surface area contributed by atoms with Crippen LogP contribution in [0.2, 0.25) is 0 Å². The fourth-order valence-corrected chi connectivity index (χ4v) is 3.66. The third-order valence-electron chi connectivity index (χ3n) is 5.19. The van der Waals surface area contributed by atoms with Crippen LogP contribution in [0, 0.1) is 0 Å². The summed E-state index contributed by atoms with van der Waals surface area (Å²) < 4.78 is 15.8. The van der Waals surface area contributed by atoms with E-state index in [0.717, 1.165) is 55.6 Å². The van der Waals surface area contributed by atoms with Crippen molar-refractivity contribution in [1.29, 1.82) is 0 Å². The normalized spacial score (nSPS) is 16.1. The largest absolute Gasteiger partial charge is 0.497 e. The third kappa shape index (κ3) is 8.43. The molecule has 0 radical (unpaired) electrons. The van der Waals surface area contributed by atoms with E-state index in [9.17, 15) is 4.79 Å². The van der Waals surface area contributed by atoms with Crippen LogP contribution in [0.4, 0.5) is 0 Å². The SMILES string of the molecule is CCNC(=NCCNC(=O)c1ccco1)NC1CCN(Cc2cc(OC)cc(OC)c2)C1.I. The van der Waals surface area contributed by atoms with Crippen molar-refractivity contribution in [3.63, 3.8) is 0 Å². The molecular weight excluding hydrogens is 537 g/mol. The molecule has 1 unspecified atom stereocenters. The summed E-state index contributed by atoms with van der Waals surface area (Å²) >= 11 is 0. The Bertz CT molecular complexity index is 869. The van der Waals surface area contributed by atoms with Crippen molar-refractivity contribution in [1.82, 2.24) is 20.9 Å². The lowest BCUT2D eigenvalue weighted by molar-refractivity contribution is 0.0927. The van der Waals surface area contributed by atoms with Crippen LogP contribution in [0.1, 0.15) is 29.5 Å². The number of hydrogen-bond acceptors (Lipinski definition) is 6. The maximum absolute atomic E-state index is 11.9. The smallest absolute Gasteiger partial charge is 0.287 e. The first-order chi connectivity index (χ1) is 15.6. The van der Waals surface area contributed by atoms with Crippen molar-refractivity contribution in [2.75, 3.05) is 46.9 Å². The molecule has 1 fully saturated rings. The van der Waals surface area contributed by atoms with Crippen molar-refractivity contribution in [3.05, 3.63) is 47.9 Å². The highest BCUT2D eigenvalue weighted by molar-refractivity contribution is 14.0. The molecule has 1 aromatic carbocycles. The second-order valence-electron chi connectivity index (χ2n) is 7.58. The molecule has 10 heteroatoms. The number of amides is 1. The lowest BCUT2D eigenvalue weighted by Gasteiger charge is -2.19. The van der Waals surface area contributed by atoms with E-state index in [0.29, 0.717) is 24.9 Å². The molecule has 1 aliphatic heterocycles. The Kier molecular flexibility index (Phi) is 11.3. The number of carbonyl (C=O) groups is 1. The molecule has 3 rings (SSSR count). The molecule has 2 heterocycles. The second kappa shape index (κ2) is 13.9. The van der Waals surface area contributed by atoms with Crippen molar-refractivity contribution >= 4 is 35.8 Å². The zero-order valence-electron chi connectivity index (χ0n) is 19.4. The molecular formula is C23H34IN5O4. The summed E-state index contributed by atoms with van der Waals surface area (Å²) in [4.78, 5) is 18.9. The van der Waals surface area contributed by atoms with Crippen LogP contribution in [0.5, 0.6) is 11.5 Å². The van der Waals surface area contributed by atoms with Gasteiger partial charge in [0, 0.05) is 44.8 Å². The van der Waals surface area contributed by atoms with Gasteiger partial charge in [-0.05, 0) is 43.2 Å². The third-order valence-corrected chi connectivity index (χ3v) is 5.19. The van der Waals surface area contributed by atoms with E-state index in [1.807, 2.05) is 25.1 Å². The standard InChI is InChI=1S/C23H33N5O4.HI/c1-4-24-23(26-9-8-25-22(29)21-6-5-11-32-21)27-18-7-10-28(16-18)15-17-12-19(30-2)14-20(13-17)31-3;/h5-6,11-14,18H,4,7-10,15-16H2,1-3H3,(H,25,29)(H2,24,26,27);1H. The van der Waals surface area contributed by atoms with Crippen LogP contribution in [0.25, 0.3) is 0 Å². The Hall–Kier alpha value is -2.47. The number of ether oxygens (including phenoxy) is 2. The highest BCUT2D eigenvalue weighted by atomic mass is 127. The molecule has 0 aliphatic carbocycles. The number of nitrogens with zero attached hydrogens (tertiary/aromatic N) is 2. The van der Waals surface area contributed by atoms with Gasteiger partial charge in [0.1, 0.15) is 11.5 Å². The van der Waals surface area contributed by atoms with Gasteiger partial charge in [-0.2, -0.15) is 0 Å². The molecule has 1 aliphatic rings. The van der Waals surface area contributed by atoms with Gasteiger partial charge >= 0.3 is 0 Å². The summed E-state index contributed by atoms with van der Waals surface area (Å²) in [6.07, 6.45) is 2.51. The first-order valence-corrected chi connectivity index (χ1v) is 10.9. The minimum Gasteiger partial charge on any atom is -0.497 e. The van der Waals surface area contributed by atoms with Gasteiger partial charge < -0.3 is 29.8 Å². The molecule has 0 bridgehead atoms. The first kappa shape index (κ1) is 26.8. The van der Waals surface area contributed by atoms with Gasteiger partial charge in [0.25, 0.3) is 5.91 Å². The Morgan fingerprint density at radius 3 is 2.61 bits per heavy atom. The maximum atomic E-state index is 11.9. The molecule has 3 N–H and O–H groups in total. The van der Waals surface area contributed by atoms with Crippen LogP contribution in [0.15, 0.2) is 46.0 Å². The average Bonchev–Trinajstić information content (AvgIpc) is 3.49. The van der Waals surface area contributed by atoms with Gasteiger partial charge in [-0.15, -0.1) is 24.0 Å². The molecule has 33 heavy (non-hydrogen) atoms. The Morgan fingerprint density at radius 2 is 1.97 bits per heavy atom. The van der Waals surface area contributed by atoms with Crippen LogP contribution < -0.4 is 25.4 Å². The van der Waals surface area contributed by atoms with Gasteiger partial charge in [0.05, 0.1) is 27.0 Å². The van der Waals surface area contributed by atoms with Crippen molar-refractivity contribution in [3.8, 4) is 11.5 Å². The zero-order chi connectivity index (χ0) is 22.8. The molecule has 0 saturated carbocycles. The van der Waals surface area contributed by atoms with Gasteiger partial charge in [0.15, 0.2) is 11.7 Å². The number of hydrogen-bond donors (Lipinski definition) is 3. The summed E-state index contributed by atoms with van der Waals surface area (Å²) in [6.45, 7) is 6.46. The van der Waals surface area contributed by atoms with E-state index in [4.69, 9.17) is 13.9 Å². The molecule has 1 amide bonds. The zero-order valence-corrected chi connectivity index (χ0v) is 21.8. The van der Waals surface area contributed by atoms with E-state index >= 15 is 0 Å². The van der Waals surface area contributed by atoms with Crippen LogP contribution in [-0.2, 0) is 6.54 Å². The van der Waals surface area contributed by atoms with Crippen molar-refractivity contribution in [2.45, 2.75) is 25.9 Å². The monoisotopic (exact) mass is 571 g/mol. The van der Waals surface area contributed by atoms with Crippen molar-refractivity contribution in [2.24, 2.45) is 4.99 Å². The lowest BCUT2D eigenvalue weighted by atomic mass is 10.2. The highest BCUT2D eigenvalue weighted by Gasteiger charge is 2.23. The van der Waals surface area contributed by atoms with Gasteiger partial charge in [-0.25, -0.2) is 0 Å². The van der Waals surface area contributed by atoms with Crippen LogP contribution in [0.3, 0.4) is 0 Å². The number of guanidine groups is 1. The summed E-state index contributed by atoms with van der Waals surface area (Å²) in [6, 6.07) is 9.61. The molecule has 0 spiro atoms. The summed E-state index contributed by atoms with van der Waals surface area (Å²) in [5.74, 6) is 2.43. The number of carbonyl (C=O) groups excluding carboxylic acids is 1. The van der Waals surface area contributed by atoms with Crippen LogP contribution >= 0.6 is 24.0 Å². The van der Waals surface area contributed by atoms with E-state index in [1.165, 1.54) is 6.26 Å². The molecule has 182 valence electrons. The number of benzene rings is 1. The maximum Gasteiger partial charge on any atom is 0.287 e. The van der Waals surface area contributed by atoms with E-state index in [1.54, 1.807) is 26.4 Å². The molecule has 1 saturated heterocycles. The minimum atomic E-state index is -0.233. The fourth-order valence-electron chi connectivity index (χ4n) is 3.66. The highest BCUT2D eigenvalue weighted by Crippen LogP contribution is 2.24. The van der Waals surface area contributed by atoms with E-state index < -0.39 is 0 Å². The van der Waals surface area contributed by atoms with Crippen LogP contribution in [-0.4, -0.2) is 69.8 Å². The van der Waals surface area contributed by atoms with Crippen molar-refractivity contribution < 1.29 is 18.7 Å². The number of nitrogens with one attached hydrogen (secondary N) is 3. The van der Waals surface area contributed by atoms with Gasteiger partial charge in [-0.3, -0.25) is 14.7 Å². The minimum absolute atomic E-state index is 0. The number of rotatable bonds is 10. The number of methoxy groups -OCH3 is 2. The van der Waals surface area contributed by atoms with E-state index in [-0.39, 0.29) is 29.9 Å². The summed E-state index contributed by atoms with van der Waals surface area (Å²) in [5.41, 5.74) is 1.16. The Balaban J connectivity index is 0.00000385. The van der Waals surface area contributed by atoms with Gasteiger partial charge in [0.2, 0.25) is 0 Å². The summed E-state index contributed by atoms with van der Waals surface area (Å²) in [7, 11) is 3.33. The van der Waals surface area contributed by atoms with E-state index in [2.05, 4.69) is 25.8 Å². The number of halogens is 1. The molecule has 2 aromatic rings. The predicted molar refractivity (Wildman–Crippen MR) is 139 cm³/mol. The molecule has 1 atom stereocenters. The molecule has 9 nitrogen and oxygen atoms in total. The quantitative estimate of drug-likeness (QED) is 0.175. The lowest BCUT2D eigenvalue weighted by Crippen LogP contribution is -2.45. The predicted octanol–water partition coefficient (Wildman–Crippen LogP) is 2.47. The topological polar surface area (TPSA) is 100 Å². The number of furan rings is 1. The fraction of sp³-hybridized carbons (Fsp3) is 0.478.